The van der Waals surface area contributed by atoms with E-state index < -0.39 is 32.5 Å². The van der Waals surface area contributed by atoms with Crippen LogP contribution in [0.15, 0.2) is 23.1 Å². The summed E-state index contributed by atoms with van der Waals surface area (Å²) in [6.07, 6.45) is 0.306. The van der Waals surface area contributed by atoms with E-state index in [9.17, 15) is 23.3 Å². The zero-order valence-electron chi connectivity index (χ0n) is 13.6. The van der Waals surface area contributed by atoms with Crippen LogP contribution in [0.2, 0.25) is 0 Å². The van der Waals surface area contributed by atoms with Crippen LogP contribution in [-0.2, 0) is 14.8 Å². The molecule has 0 fully saturated rings. The molecule has 9 nitrogen and oxygen atoms in total. The molecule has 0 amide bonds. The lowest BCUT2D eigenvalue weighted by Crippen LogP contribution is -2.33. The highest BCUT2D eigenvalue weighted by Gasteiger charge is 2.25. The lowest BCUT2D eigenvalue weighted by atomic mass is 9.98. The number of hydrogen-bond acceptors (Lipinski definition) is 6. The predicted molar refractivity (Wildman–Crippen MR) is 85.4 cm³/mol. The monoisotopic (exact) mass is 360 g/mol. The van der Waals surface area contributed by atoms with Gasteiger partial charge in [0.1, 0.15) is 0 Å². The van der Waals surface area contributed by atoms with Crippen molar-refractivity contribution in [3.05, 3.63) is 28.3 Å². The minimum absolute atomic E-state index is 0.0674. The maximum Gasteiger partial charge on any atom is 0.312 e. The molecule has 10 heteroatoms. The highest BCUT2D eigenvalue weighted by atomic mass is 32.2. The van der Waals surface area contributed by atoms with Crippen LogP contribution < -0.4 is 9.46 Å². The summed E-state index contributed by atoms with van der Waals surface area (Å²) < 4.78 is 31.5. The van der Waals surface area contributed by atoms with E-state index in [0.717, 1.165) is 12.1 Å². The van der Waals surface area contributed by atoms with Crippen molar-refractivity contribution in [3.8, 4) is 5.75 Å². The summed E-state index contributed by atoms with van der Waals surface area (Å²) in [7, 11) is -2.84. The van der Waals surface area contributed by atoms with E-state index in [-0.39, 0.29) is 23.1 Å². The molecule has 0 heterocycles. The molecule has 0 aliphatic rings. The first-order valence-electron chi connectivity index (χ1n) is 7.13. The SMILES string of the molecule is COc1ccc(S(=O)(=O)NCC(CC(C)C)C(=O)O)cc1[N+](=O)[O-]. The lowest BCUT2D eigenvalue weighted by molar-refractivity contribution is -0.386. The molecule has 134 valence electrons. The van der Waals surface area contributed by atoms with E-state index in [1.165, 1.54) is 13.2 Å². The number of benzene rings is 1. The van der Waals surface area contributed by atoms with E-state index in [0.29, 0.717) is 6.42 Å². The van der Waals surface area contributed by atoms with Crippen LogP contribution in [0.4, 0.5) is 5.69 Å². The molecule has 0 spiro atoms. The fraction of sp³-hybridized carbons (Fsp3) is 0.500. The van der Waals surface area contributed by atoms with Crippen LogP contribution in [0.5, 0.6) is 5.75 Å². The van der Waals surface area contributed by atoms with E-state index >= 15 is 0 Å². The van der Waals surface area contributed by atoms with Crippen LogP contribution in [0, 0.1) is 22.0 Å². The first kappa shape index (κ1) is 19.8. The molecule has 24 heavy (non-hydrogen) atoms. The summed E-state index contributed by atoms with van der Waals surface area (Å²) in [5.74, 6) is -1.97. The van der Waals surface area contributed by atoms with Crippen molar-refractivity contribution in [3.63, 3.8) is 0 Å². The van der Waals surface area contributed by atoms with E-state index in [2.05, 4.69) is 4.72 Å². The maximum absolute atomic E-state index is 12.3. The Balaban J connectivity index is 3.02. The van der Waals surface area contributed by atoms with Gasteiger partial charge >= 0.3 is 11.7 Å². The van der Waals surface area contributed by atoms with Gasteiger partial charge in [-0.15, -0.1) is 0 Å². The lowest BCUT2D eigenvalue weighted by Gasteiger charge is -2.15. The fourth-order valence-corrected chi connectivity index (χ4v) is 3.22. The Morgan fingerprint density at radius 1 is 1.42 bits per heavy atom. The van der Waals surface area contributed by atoms with Crippen LogP contribution in [0.25, 0.3) is 0 Å². The molecule has 0 saturated carbocycles. The van der Waals surface area contributed by atoms with Crippen molar-refractivity contribution in [2.24, 2.45) is 11.8 Å². The normalized spacial score (nSPS) is 12.8. The molecule has 0 radical (unpaired) electrons. The van der Waals surface area contributed by atoms with Gasteiger partial charge in [0.2, 0.25) is 10.0 Å². The van der Waals surface area contributed by atoms with E-state index in [4.69, 9.17) is 9.84 Å². The molecule has 0 bridgehead atoms. The number of aliphatic carboxylic acids is 1. The van der Waals surface area contributed by atoms with Gasteiger partial charge in [-0.25, -0.2) is 13.1 Å². The molecule has 1 rings (SSSR count). The predicted octanol–water partition coefficient (Wildman–Crippen LogP) is 1.63. The summed E-state index contributed by atoms with van der Waals surface area (Å²) >= 11 is 0. The second-order valence-corrected chi connectivity index (χ2v) is 7.37. The topological polar surface area (TPSA) is 136 Å². The van der Waals surface area contributed by atoms with Gasteiger partial charge in [-0.2, -0.15) is 0 Å². The molecule has 2 N–H and O–H groups in total. The molecule has 0 aliphatic carbocycles. The smallest absolute Gasteiger partial charge is 0.312 e. The largest absolute Gasteiger partial charge is 0.490 e. The van der Waals surface area contributed by atoms with Gasteiger partial charge in [-0.05, 0) is 24.5 Å². The van der Waals surface area contributed by atoms with Gasteiger partial charge in [0.05, 0.1) is 22.8 Å². The fourth-order valence-electron chi connectivity index (χ4n) is 2.11. The van der Waals surface area contributed by atoms with Crippen LogP contribution in [0.1, 0.15) is 20.3 Å². The van der Waals surface area contributed by atoms with Crippen molar-refractivity contribution in [1.29, 1.82) is 0 Å². The molecule has 0 aliphatic heterocycles. The third-order valence-electron chi connectivity index (χ3n) is 3.28. The minimum Gasteiger partial charge on any atom is -0.490 e. The first-order valence-corrected chi connectivity index (χ1v) is 8.61. The van der Waals surface area contributed by atoms with Crippen molar-refractivity contribution in [1.82, 2.24) is 4.72 Å². The summed E-state index contributed by atoms with van der Waals surface area (Å²) in [5.41, 5.74) is -0.489. The van der Waals surface area contributed by atoms with Gasteiger partial charge in [0, 0.05) is 12.6 Å². The number of sulfonamides is 1. The van der Waals surface area contributed by atoms with E-state index in [1.807, 2.05) is 13.8 Å². The van der Waals surface area contributed by atoms with Crippen LogP contribution >= 0.6 is 0 Å². The molecule has 1 unspecified atom stereocenters. The number of hydrogen-bond donors (Lipinski definition) is 2. The Morgan fingerprint density at radius 2 is 2.04 bits per heavy atom. The molecule has 0 aromatic heterocycles. The van der Waals surface area contributed by atoms with Crippen LogP contribution in [-0.4, -0.2) is 38.1 Å². The van der Waals surface area contributed by atoms with Crippen molar-refractivity contribution in [2.75, 3.05) is 13.7 Å². The number of methoxy groups -OCH3 is 1. The number of ether oxygens (including phenoxy) is 1. The zero-order chi connectivity index (χ0) is 18.5. The molecule has 0 saturated heterocycles. The Labute approximate surface area is 139 Å². The Kier molecular flexibility index (Phi) is 6.67. The number of carboxylic acid groups (broad SMARTS) is 1. The number of nitrogens with zero attached hydrogens (tertiary/aromatic N) is 1. The standard InChI is InChI=1S/C14H20N2O7S/c1-9(2)6-10(14(17)18)8-15-24(21,22)11-4-5-13(23-3)12(7-11)16(19)20/h4-5,7,9-10,15H,6,8H2,1-3H3,(H,17,18). The Bertz CT molecular complexity index is 716. The number of rotatable bonds is 9. The van der Waals surface area contributed by atoms with Gasteiger partial charge in [0.15, 0.2) is 5.75 Å². The van der Waals surface area contributed by atoms with Crippen molar-refractivity contribution < 1.29 is 28.0 Å². The Morgan fingerprint density at radius 3 is 2.50 bits per heavy atom. The number of carbonyl (C=O) groups is 1. The summed E-state index contributed by atoms with van der Waals surface area (Å²) in [6.45, 7) is 3.37. The third kappa shape index (κ3) is 5.17. The van der Waals surface area contributed by atoms with Gasteiger partial charge in [0.25, 0.3) is 0 Å². The average molecular weight is 360 g/mol. The number of nitro groups is 1. The zero-order valence-corrected chi connectivity index (χ0v) is 14.4. The van der Waals surface area contributed by atoms with E-state index in [1.54, 1.807) is 0 Å². The minimum atomic E-state index is -4.08. The summed E-state index contributed by atoms with van der Waals surface area (Å²) in [6, 6.07) is 3.21. The quantitative estimate of drug-likeness (QED) is 0.504. The van der Waals surface area contributed by atoms with Crippen LogP contribution in [0.3, 0.4) is 0 Å². The average Bonchev–Trinajstić information content (AvgIpc) is 2.50. The second kappa shape index (κ2) is 8.06. The summed E-state index contributed by atoms with van der Waals surface area (Å²) in [4.78, 5) is 21.1. The molecule has 1 atom stereocenters. The summed E-state index contributed by atoms with van der Waals surface area (Å²) in [5, 5.41) is 20.1. The van der Waals surface area contributed by atoms with Gasteiger partial charge in [-0.3, -0.25) is 14.9 Å². The number of nitrogens with one attached hydrogen (secondary N) is 1. The third-order valence-corrected chi connectivity index (χ3v) is 4.70. The van der Waals surface area contributed by atoms with Gasteiger partial charge < -0.3 is 9.84 Å². The highest BCUT2D eigenvalue weighted by molar-refractivity contribution is 7.89. The highest BCUT2D eigenvalue weighted by Crippen LogP contribution is 2.29. The molecular formula is C14H20N2O7S. The van der Waals surface area contributed by atoms with Gasteiger partial charge in [-0.1, -0.05) is 13.8 Å². The number of nitro benzene ring substituents is 1. The molecule has 1 aromatic carbocycles. The first-order chi connectivity index (χ1) is 11.1. The Hall–Kier alpha value is -2.20. The molecule has 1 aromatic rings. The van der Waals surface area contributed by atoms with Crippen molar-refractivity contribution in [2.45, 2.75) is 25.2 Å². The second-order valence-electron chi connectivity index (χ2n) is 5.61. The maximum atomic E-state index is 12.3. The number of carboxylic acids is 1. The van der Waals surface area contributed by atoms with Crippen molar-refractivity contribution >= 4 is 21.7 Å². The molecular weight excluding hydrogens is 340 g/mol.